The fourth-order valence-electron chi connectivity index (χ4n) is 2.45. The van der Waals surface area contributed by atoms with Gasteiger partial charge < -0.3 is 10.3 Å². The summed E-state index contributed by atoms with van der Waals surface area (Å²) < 4.78 is 0. The molecule has 1 atom stereocenters. The van der Waals surface area contributed by atoms with Crippen LogP contribution in [-0.4, -0.2) is 21.5 Å². The van der Waals surface area contributed by atoms with E-state index in [4.69, 9.17) is 4.98 Å². The molecule has 0 spiro atoms. The second-order valence-electron chi connectivity index (χ2n) is 4.85. The van der Waals surface area contributed by atoms with Crippen molar-refractivity contribution in [2.45, 2.75) is 32.2 Å². The third-order valence-corrected chi connectivity index (χ3v) is 3.39. The summed E-state index contributed by atoms with van der Waals surface area (Å²) in [5.41, 5.74) is 3.16. The van der Waals surface area contributed by atoms with Crippen LogP contribution in [0.2, 0.25) is 0 Å². The second kappa shape index (κ2) is 4.90. The Kier molecular flexibility index (Phi) is 3.11. The fraction of sp³-hybridized carbons (Fsp3) is 0.429. The van der Waals surface area contributed by atoms with E-state index in [1.165, 1.54) is 12.8 Å². The zero-order valence-electron chi connectivity index (χ0n) is 10.6. The Hall–Kier alpha value is -1.68. The van der Waals surface area contributed by atoms with Crippen molar-refractivity contribution < 1.29 is 0 Å². The number of rotatable bonds is 2. The summed E-state index contributed by atoms with van der Waals surface area (Å²) in [6.07, 6.45) is 7.54. The van der Waals surface area contributed by atoms with Crippen LogP contribution in [0.5, 0.6) is 0 Å². The van der Waals surface area contributed by atoms with Gasteiger partial charge in [-0.25, -0.2) is 9.97 Å². The topological polar surface area (TPSA) is 53.6 Å². The minimum atomic E-state index is 0.316. The van der Waals surface area contributed by atoms with Crippen molar-refractivity contribution >= 4 is 0 Å². The number of H-pyrrole nitrogens is 1. The van der Waals surface area contributed by atoms with Crippen LogP contribution in [0.15, 0.2) is 24.5 Å². The highest BCUT2D eigenvalue weighted by Crippen LogP contribution is 2.23. The molecule has 0 saturated carbocycles. The van der Waals surface area contributed by atoms with Gasteiger partial charge in [0, 0.05) is 23.7 Å². The van der Waals surface area contributed by atoms with Gasteiger partial charge in [-0.1, -0.05) is 6.42 Å². The number of aromatic amines is 1. The molecule has 4 nitrogen and oxygen atoms in total. The van der Waals surface area contributed by atoms with E-state index in [1.54, 1.807) is 0 Å². The lowest BCUT2D eigenvalue weighted by Crippen LogP contribution is -2.28. The molecule has 94 valence electrons. The predicted octanol–water partition coefficient (Wildman–Crippen LogP) is 2.59. The van der Waals surface area contributed by atoms with E-state index in [-0.39, 0.29) is 0 Å². The molecule has 1 aliphatic rings. The molecular weight excluding hydrogens is 224 g/mol. The van der Waals surface area contributed by atoms with Crippen molar-refractivity contribution in [1.29, 1.82) is 0 Å². The lowest BCUT2D eigenvalue weighted by Gasteiger charge is -2.22. The van der Waals surface area contributed by atoms with Crippen LogP contribution in [0, 0.1) is 6.92 Å². The lowest BCUT2D eigenvalue weighted by molar-refractivity contribution is 0.397. The van der Waals surface area contributed by atoms with E-state index >= 15 is 0 Å². The summed E-state index contributed by atoms with van der Waals surface area (Å²) >= 11 is 0. The third kappa shape index (κ3) is 2.29. The molecule has 1 unspecified atom stereocenters. The molecule has 2 N–H and O–H groups in total. The molecule has 2 aromatic rings. The maximum Gasteiger partial charge on any atom is 0.146 e. The van der Waals surface area contributed by atoms with Gasteiger partial charge in [0.1, 0.15) is 5.82 Å². The molecule has 3 rings (SSSR count). The van der Waals surface area contributed by atoms with Crippen LogP contribution in [0.4, 0.5) is 0 Å². The van der Waals surface area contributed by atoms with Gasteiger partial charge >= 0.3 is 0 Å². The van der Waals surface area contributed by atoms with Crippen molar-refractivity contribution in [1.82, 2.24) is 20.3 Å². The van der Waals surface area contributed by atoms with Crippen molar-refractivity contribution in [2.24, 2.45) is 0 Å². The Morgan fingerprint density at radius 3 is 2.94 bits per heavy atom. The Bertz CT molecular complexity index is 513. The molecule has 2 aromatic heterocycles. The molecule has 0 bridgehead atoms. The number of hydrogen-bond donors (Lipinski definition) is 2. The molecule has 0 radical (unpaired) electrons. The van der Waals surface area contributed by atoms with E-state index in [9.17, 15) is 0 Å². The monoisotopic (exact) mass is 242 g/mol. The first kappa shape index (κ1) is 11.4. The van der Waals surface area contributed by atoms with Crippen LogP contribution in [0.1, 0.15) is 36.8 Å². The number of nitrogens with zero attached hydrogens (tertiary/aromatic N) is 2. The summed E-state index contributed by atoms with van der Waals surface area (Å²) in [4.78, 5) is 12.4. The quantitative estimate of drug-likeness (QED) is 0.851. The molecule has 0 aliphatic carbocycles. The number of piperidine rings is 1. The summed E-state index contributed by atoms with van der Waals surface area (Å²) in [7, 11) is 0. The summed E-state index contributed by atoms with van der Waals surface area (Å²) in [5, 5.41) is 3.50. The summed E-state index contributed by atoms with van der Waals surface area (Å²) in [6.45, 7) is 3.10. The Morgan fingerprint density at radius 1 is 1.28 bits per heavy atom. The average Bonchev–Trinajstić information content (AvgIpc) is 2.93. The molecule has 3 heterocycles. The lowest BCUT2D eigenvalue weighted by atomic mass is 10.0. The van der Waals surface area contributed by atoms with Crippen molar-refractivity contribution in [3.63, 3.8) is 0 Å². The van der Waals surface area contributed by atoms with Crippen LogP contribution >= 0.6 is 0 Å². The van der Waals surface area contributed by atoms with Crippen molar-refractivity contribution in [3.05, 3.63) is 36.0 Å². The van der Waals surface area contributed by atoms with Crippen LogP contribution in [0.25, 0.3) is 11.3 Å². The van der Waals surface area contributed by atoms with Gasteiger partial charge in [0.2, 0.25) is 0 Å². The first-order valence-corrected chi connectivity index (χ1v) is 6.55. The number of nitrogens with one attached hydrogen (secondary N) is 2. The maximum atomic E-state index is 4.71. The normalized spacial score (nSPS) is 19.9. The first-order valence-electron chi connectivity index (χ1n) is 6.55. The van der Waals surface area contributed by atoms with Gasteiger partial charge in [-0.15, -0.1) is 0 Å². The van der Waals surface area contributed by atoms with Crippen molar-refractivity contribution in [2.75, 3.05) is 6.54 Å². The summed E-state index contributed by atoms with van der Waals surface area (Å²) in [6, 6.07) is 4.39. The van der Waals surface area contributed by atoms with Gasteiger partial charge in [-0.05, 0) is 38.4 Å². The van der Waals surface area contributed by atoms with Gasteiger partial charge in [0.15, 0.2) is 0 Å². The standard InChI is InChI=1S/C14H18N4/c1-10-8-13(11-5-7-15-9-11)18-14(17-10)12-4-2-3-6-16-12/h5,7-9,12,15-16H,2-4,6H2,1H3. The van der Waals surface area contributed by atoms with E-state index in [2.05, 4.69) is 15.3 Å². The Morgan fingerprint density at radius 2 is 2.22 bits per heavy atom. The van der Waals surface area contributed by atoms with Gasteiger partial charge in [0.05, 0.1) is 11.7 Å². The van der Waals surface area contributed by atoms with E-state index < -0.39 is 0 Å². The molecule has 1 aliphatic heterocycles. The SMILES string of the molecule is Cc1cc(-c2cc[nH]c2)nc(C2CCCCN2)n1. The van der Waals surface area contributed by atoms with Crippen LogP contribution < -0.4 is 5.32 Å². The number of aromatic nitrogens is 3. The minimum Gasteiger partial charge on any atom is -0.367 e. The summed E-state index contributed by atoms with van der Waals surface area (Å²) in [5.74, 6) is 0.936. The molecular formula is C14H18N4. The third-order valence-electron chi connectivity index (χ3n) is 3.39. The zero-order valence-corrected chi connectivity index (χ0v) is 10.6. The predicted molar refractivity (Wildman–Crippen MR) is 71.2 cm³/mol. The molecule has 0 aromatic carbocycles. The molecule has 4 heteroatoms. The Labute approximate surface area is 107 Å². The largest absolute Gasteiger partial charge is 0.367 e. The maximum absolute atomic E-state index is 4.71. The highest BCUT2D eigenvalue weighted by atomic mass is 15.0. The van der Waals surface area contributed by atoms with Gasteiger partial charge in [-0.2, -0.15) is 0 Å². The zero-order chi connectivity index (χ0) is 12.4. The van der Waals surface area contributed by atoms with Gasteiger partial charge in [-0.3, -0.25) is 0 Å². The van der Waals surface area contributed by atoms with Gasteiger partial charge in [0.25, 0.3) is 0 Å². The Balaban J connectivity index is 1.95. The minimum absolute atomic E-state index is 0.316. The van der Waals surface area contributed by atoms with E-state index in [1.807, 2.05) is 31.5 Å². The number of hydrogen-bond acceptors (Lipinski definition) is 3. The average molecular weight is 242 g/mol. The van der Waals surface area contributed by atoms with Crippen LogP contribution in [-0.2, 0) is 0 Å². The van der Waals surface area contributed by atoms with E-state index in [0.717, 1.165) is 35.7 Å². The highest BCUT2D eigenvalue weighted by molar-refractivity contribution is 5.58. The fourth-order valence-corrected chi connectivity index (χ4v) is 2.45. The van der Waals surface area contributed by atoms with Crippen molar-refractivity contribution in [3.8, 4) is 11.3 Å². The first-order chi connectivity index (χ1) is 8.83. The molecule has 1 fully saturated rings. The molecule has 18 heavy (non-hydrogen) atoms. The second-order valence-corrected chi connectivity index (χ2v) is 4.85. The molecule has 1 saturated heterocycles. The number of aryl methyl sites for hydroxylation is 1. The van der Waals surface area contributed by atoms with E-state index in [0.29, 0.717) is 6.04 Å². The smallest absolute Gasteiger partial charge is 0.146 e. The van der Waals surface area contributed by atoms with Crippen LogP contribution in [0.3, 0.4) is 0 Å². The molecule has 0 amide bonds. The highest BCUT2D eigenvalue weighted by Gasteiger charge is 2.18.